The number of nitrogens with two attached hydrogens (primary N) is 1. The number of aromatic amines is 1. The van der Waals surface area contributed by atoms with Crippen LogP contribution in [0.4, 0.5) is 0 Å². The van der Waals surface area contributed by atoms with E-state index in [2.05, 4.69) is 22.2 Å². The Labute approximate surface area is 203 Å². The number of benzene rings is 2. The van der Waals surface area contributed by atoms with Gasteiger partial charge in [-0.2, -0.15) is 0 Å². The molecule has 0 aliphatic carbocycles. The Hall–Kier alpha value is -3.91. The van der Waals surface area contributed by atoms with Gasteiger partial charge in [0.25, 0.3) is 5.91 Å². The van der Waals surface area contributed by atoms with Gasteiger partial charge in [0, 0.05) is 23.5 Å². The van der Waals surface area contributed by atoms with Crippen molar-refractivity contribution in [1.29, 1.82) is 0 Å². The molecule has 182 valence electrons. The Kier molecular flexibility index (Phi) is 7.95. The summed E-state index contributed by atoms with van der Waals surface area (Å²) in [6.07, 6.45) is 6.02. The molecule has 1 amide bonds. The molecule has 2 heterocycles. The zero-order valence-corrected chi connectivity index (χ0v) is 19.7. The molecule has 0 fully saturated rings. The first-order valence-electron chi connectivity index (χ1n) is 11.8. The minimum absolute atomic E-state index is 0.0757. The van der Waals surface area contributed by atoms with Crippen LogP contribution in [0.3, 0.4) is 0 Å². The van der Waals surface area contributed by atoms with Crippen molar-refractivity contribution >= 4 is 22.8 Å². The third-order valence-electron chi connectivity index (χ3n) is 5.85. The molecule has 2 atom stereocenters. The minimum Gasteiger partial charge on any atom is -0.459 e. The Bertz CT molecular complexity index is 1260. The maximum absolute atomic E-state index is 13.1. The zero-order valence-electron chi connectivity index (χ0n) is 19.7. The highest BCUT2D eigenvalue weighted by Crippen LogP contribution is 2.20. The molecule has 0 bridgehead atoms. The first kappa shape index (κ1) is 24.2. The average Bonchev–Trinajstić information content (AvgIpc) is 3.54. The molecular weight excluding hydrogens is 444 g/mol. The second-order valence-corrected chi connectivity index (χ2v) is 8.50. The van der Waals surface area contributed by atoms with Gasteiger partial charge in [0.2, 0.25) is 5.89 Å². The largest absolute Gasteiger partial charge is 0.459 e. The summed E-state index contributed by atoms with van der Waals surface area (Å²) in [5, 5.41) is 3.76. The number of para-hydroxylation sites is 1. The number of hydrogen-bond acceptors (Lipinski definition) is 6. The lowest BCUT2D eigenvalue weighted by molar-refractivity contribution is -0.147. The molecule has 0 aliphatic rings. The quantitative estimate of drug-likeness (QED) is 0.276. The number of nitrogens with one attached hydrogen (secondary N) is 2. The van der Waals surface area contributed by atoms with E-state index in [9.17, 15) is 9.59 Å². The van der Waals surface area contributed by atoms with Gasteiger partial charge < -0.3 is 25.2 Å². The second-order valence-electron chi connectivity index (χ2n) is 8.50. The molecule has 2 aromatic heterocycles. The van der Waals surface area contributed by atoms with Gasteiger partial charge in [0.15, 0.2) is 5.69 Å². The molecule has 35 heavy (non-hydrogen) atoms. The van der Waals surface area contributed by atoms with Gasteiger partial charge in [-0.1, -0.05) is 68.3 Å². The number of H-pyrrole nitrogens is 1. The van der Waals surface area contributed by atoms with E-state index >= 15 is 0 Å². The van der Waals surface area contributed by atoms with E-state index in [0.29, 0.717) is 12.3 Å². The molecule has 0 aliphatic heterocycles. The molecule has 0 saturated heterocycles. The summed E-state index contributed by atoms with van der Waals surface area (Å²) in [6.45, 7) is 2.19. The maximum Gasteiger partial charge on any atom is 0.329 e. The van der Waals surface area contributed by atoms with E-state index in [-0.39, 0.29) is 24.8 Å². The van der Waals surface area contributed by atoms with Crippen LogP contribution in [-0.4, -0.2) is 27.9 Å². The lowest BCUT2D eigenvalue weighted by atomic mass is 10.0. The number of carbonyl (C=O) groups is 2. The number of nitrogens with zero attached hydrogens (tertiary/aromatic N) is 1. The molecular formula is C27H30N4O4. The van der Waals surface area contributed by atoms with Gasteiger partial charge in [-0.25, -0.2) is 9.78 Å². The van der Waals surface area contributed by atoms with Crippen LogP contribution in [0.25, 0.3) is 10.9 Å². The van der Waals surface area contributed by atoms with Crippen molar-refractivity contribution in [3.05, 3.63) is 89.8 Å². The molecule has 8 nitrogen and oxygen atoms in total. The number of fused-ring (bicyclic) bond motifs is 1. The van der Waals surface area contributed by atoms with Crippen LogP contribution < -0.4 is 11.1 Å². The smallest absolute Gasteiger partial charge is 0.329 e. The molecule has 4 aromatic rings. The summed E-state index contributed by atoms with van der Waals surface area (Å²) in [5.41, 5.74) is 8.90. The fourth-order valence-corrected chi connectivity index (χ4v) is 3.88. The number of carbonyl (C=O) groups excluding carboxylic acids is 2. The molecule has 2 unspecified atom stereocenters. The monoisotopic (exact) mass is 474 g/mol. The van der Waals surface area contributed by atoms with Gasteiger partial charge in [0.1, 0.15) is 18.9 Å². The molecule has 0 radical (unpaired) electrons. The summed E-state index contributed by atoms with van der Waals surface area (Å²) < 4.78 is 11.0. The normalized spacial score (nSPS) is 12.9. The SMILES string of the molecule is CCCCC(N)c1nc(C(=O)NC(Cc2c[nH]c3ccccc23)C(=O)OCc2ccccc2)co1. The Morgan fingerprint density at radius 2 is 1.91 bits per heavy atom. The summed E-state index contributed by atoms with van der Waals surface area (Å²) in [4.78, 5) is 33.5. The number of esters is 1. The van der Waals surface area contributed by atoms with E-state index in [1.54, 1.807) is 0 Å². The number of rotatable bonds is 11. The van der Waals surface area contributed by atoms with Crippen LogP contribution in [0.1, 0.15) is 59.7 Å². The lowest BCUT2D eigenvalue weighted by Crippen LogP contribution is -2.43. The van der Waals surface area contributed by atoms with E-state index in [0.717, 1.165) is 34.9 Å². The van der Waals surface area contributed by atoms with Gasteiger partial charge in [-0.3, -0.25) is 4.79 Å². The first-order chi connectivity index (χ1) is 17.0. The van der Waals surface area contributed by atoms with Crippen molar-refractivity contribution in [2.75, 3.05) is 0 Å². The van der Waals surface area contributed by atoms with E-state index in [4.69, 9.17) is 14.9 Å². The van der Waals surface area contributed by atoms with Gasteiger partial charge in [-0.15, -0.1) is 0 Å². The molecule has 4 rings (SSSR count). The zero-order chi connectivity index (χ0) is 24.6. The average molecular weight is 475 g/mol. The Morgan fingerprint density at radius 1 is 1.14 bits per heavy atom. The Balaban J connectivity index is 1.50. The van der Waals surface area contributed by atoms with Crippen molar-refractivity contribution in [2.24, 2.45) is 5.73 Å². The van der Waals surface area contributed by atoms with Gasteiger partial charge >= 0.3 is 5.97 Å². The van der Waals surface area contributed by atoms with Crippen LogP contribution in [0.5, 0.6) is 0 Å². The minimum atomic E-state index is -0.917. The second kappa shape index (κ2) is 11.5. The molecule has 0 saturated carbocycles. The summed E-state index contributed by atoms with van der Waals surface area (Å²) in [5.74, 6) is -0.747. The highest BCUT2D eigenvalue weighted by Gasteiger charge is 2.26. The summed E-state index contributed by atoms with van der Waals surface area (Å²) >= 11 is 0. The van der Waals surface area contributed by atoms with Crippen molar-refractivity contribution in [2.45, 2.75) is 51.3 Å². The topological polar surface area (TPSA) is 123 Å². The van der Waals surface area contributed by atoms with Crippen LogP contribution in [-0.2, 0) is 22.6 Å². The maximum atomic E-state index is 13.1. The summed E-state index contributed by atoms with van der Waals surface area (Å²) in [6, 6.07) is 15.9. The molecule has 4 N–H and O–H groups in total. The first-order valence-corrected chi connectivity index (χ1v) is 11.8. The number of aromatic nitrogens is 2. The third-order valence-corrected chi connectivity index (χ3v) is 5.85. The number of ether oxygens (including phenoxy) is 1. The lowest BCUT2D eigenvalue weighted by Gasteiger charge is -2.17. The fourth-order valence-electron chi connectivity index (χ4n) is 3.88. The predicted octanol–water partition coefficient (Wildman–Crippen LogP) is 4.43. The van der Waals surface area contributed by atoms with Crippen molar-refractivity contribution in [3.8, 4) is 0 Å². The number of oxazole rings is 1. The van der Waals surface area contributed by atoms with Crippen LogP contribution in [0, 0.1) is 0 Å². The highest BCUT2D eigenvalue weighted by molar-refractivity contribution is 5.95. The summed E-state index contributed by atoms with van der Waals surface area (Å²) in [7, 11) is 0. The van der Waals surface area contributed by atoms with E-state index in [1.165, 1.54) is 6.26 Å². The van der Waals surface area contributed by atoms with Crippen molar-refractivity contribution in [3.63, 3.8) is 0 Å². The van der Waals surface area contributed by atoms with Crippen molar-refractivity contribution in [1.82, 2.24) is 15.3 Å². The number of amides is 1. The third kappa shape index (κ3) is 6.16. The number of hydrogen-bond donors (Lipinski definition) is 3. The van der Waals surface area contributed by atoms with Gasteiger partial charge in [0.05, 0.1) is 6.04 Å². The Morgan fingerprint density at radius 3 is 2.71 bits per heavy atom. The standard InChI is InChI=1S/C27H30N4O4/c1-2-3-12-21(28)26-31-24(17-34-26)25(32)30-23(27(33)35-16-18-9-5-4-6-10-18)14-19-15-29-22-13-8-7-11-20(19)22/h4-11,13,15,17,21,23,29H,2-3,12,14,16,28H2,1H3,(H,30,32). The van der Waals surface area contributed by atoms with E-state index < -0.39 is 17.9 Å². The molecule has 2 aromatic carbocycles. The number of unbranched alkanes of at least 4 members (excludes halogenated alkanes) is 1. The molecule has 0 spiro atoms. The van der Waals surface area contributed by atoms with Crippen LogP contribution in [0.2, 0.25) is 0 Å². The van der Waals surface area contributed by atoms with E-state index in [1.807, 2.05) is 60.8 Å². The fraction of sp³-hybridized carbons (Fsp3) is 0.296. The van der Waals surface area contributed by atoms with Crippen LogP contribution in [0.15, 0.2) is 71.5 Å². The highest BCUT2D eigenvalue weighted by atomic mass is 16.5. The van der Waals surface area contributed by atoms with Crippen LogP contribution >= 0.6 is 0 Å². The van der Waals surface area contributed by atoms with Crippen molar-refractivity contribution < 1.29 is 18.7 Å². The molecule has 8 heteroatoms. The predicted molar refractivity (Wildman–Crippen MR) is 132 cm³/mol. The van der Waals surface area contributed by atoms with Gasteiger partial charge in [-0.05, 0) is 23.6 Å².